The predicted octanol–water partition coefficient (Wildman–Crippen LogP) is 1.59. The molecule has 0 aliphatic carbocycles. The van der Waals surface area contributed by atoms with E-state index in [9.17, 15) is 4.79 Å². The Bertz CT molecular complexity index is 395. The molecule has 1 saturated heterocycles. The highest BCUT2D eigenvalue weighted by Gasteiger charge is 2.21. The molecule has 1 N–H and O–H groups in total. The normalized spacial score (nSPS) is 18.1. The van der Waals surface area contributed by atoms with Crippen LogP contribution < -0.4 is 0 Å². The fraction of sp³-hybridized carbons (Fsp3) is 0.692. The average Bonchev–Trinajstić information content (AvgIpc) is 2.79. The minimum atomic E-state index is -0.669. The van der Waals surface area contributed by atoms with Gasteiger partial charge in [0.2, 0.25) is 0 Å². The topological polar surface area (TPSA) is 58.4 Å². The van der Waals surface area contributed by atoms with E-state index in [0.29, 0.717) is 12.3 Å². The van der Waals surface area contributed by atoms with Crippen molar-refractivity contribution in [3.63, 3.8) is 0 Å². The molecule has 0 atom stereocenters. The molecule has 2 heterocycles. The van der Waals surface area contributed by atoms with Crippen LogP contribution in [0.15, 0.2) is 12.4 Å². The summed E-state index contributed by atoms with van der Waals surface area (Å²) in [6, 6.07) is 0. The minimum absolute atomic E-state index is 0.321. The number of aromatic nitrogens is 2. The number of piperidine rings is 1. The van der Waals surface area contributed by atoms with Gasteiger partial charge in [0.25, 0.3) is 0 Å². The second-order valence-electron chi connectivity index (χ2n) is 5.02. The smallest absolute Gasteiger partial charge is 0.303 e. The molecule has 0 aromatic carbocycles. The van der Waals surface area contributed by atoms with Gasteiger partial charge in [0.15, 0.2) is 0 Å². The zero-order valence-corrected chi connectivity index (χ0v) is 10.9. The number of hydrogen-bond acceptors (Lipinski definition) is 3. The van der Waals surface area contributed by atoms with E-state index in [1.165, 1.54) is 5.56 Å². The maximum absolute atomic E-state index is 10.7. The Morgan fingerprint density at radius 2 is 2.22 bits per heavy atom. The lowest BCUT2D eigenvalue weighted by atomic mass is 9.93. The number of aliphatic carboxylic acids is 1. The summed E-state index contributed by atoms with van der Waals surface area (Å²) in [6.45, 7) is 5.90. The summed E-state index contributed by atoms with van der Waals surface area (Å²) >= 11 is 0. The molecule has 18 heavy (non-hydrogen) atoms. The second-order valence-corrected chi connectivity index (χ2v) is 5.02. The van der Waals surface area contributed by atoms with Crippen LogP contribution in [0, 0.1) is 5.92 Å². The van der Waals surface area contributed by atoms with Crippen LogP contribution in [0.5, 0.6) is 0 Å². The van der Waals surface area contributed by atoms with E-state index >= 15 is 0 Å². The zero-order chi connectivity index (χ0) is 13.0. The van der Waals surface area contributed by atoms with E-state index in [1.54, 1.807) is 0 Å². The molecule has 2 rings (SSSR count). The molecule has 1 aromatic heterocycles. The van der Waals surface area contributed by atoms with Crippen LogP contribution in [0.2, 0.25) is 0 Å². The molecule has 1 aliphatic rings. The number of carboxylic acid groups (broad SMARTS) is 1. The number of aryl methyl sites for hydroxylation is 1. The van der Waals surface area contributed by atoms with Gasteiger partial charge in [-0.2, -0.15) is 5.10 Å². The Morgan fingerprint density at radius 1 is 1.50 bits per heavy atom. The molecular formula is C13H21N3O2. The van der Waals surface area contributed by atoms with E-state index in [1.807, 2.05) is 10.9 Å². The third-order valence-electron chi connectivity index (χ3n) is 3.59. The Labute approximate surface area is 107 Å². The maximum Gasteiger partial charge on any atom is 0.303 e. The van der Waals surface area contributed by atoms with Crippen molar-refractivity contribution in [2.45, 2.75) is 39.3 Å². The van der Waals surface area contributed by atoms with Crippen LogP contribution in [0.4, 0.5) is 0 Å². The first-order chi connectivity index (χ1) is 8.67. The molecule has 1 aliphatic heterocycles. The molecule has 0 saturated carbocycles. The maximum atomic E-state index is 10.7. The SMILES string of the molecule is CCn1cc(CN2CCC(CC(=O)O)CC2)cn1. The fourth-order valence-electron chi connectivity index (χ4n) is 2.51. The van der Waals surface area contributed by atoms with Crippen LogP contribution in [-0.4, -0.2) is 38.8 Å². The number of carbonyl (C=O) groups is 1. The summed E-state index contributed by atoms with van der Waals surface area (Å²) in [4.78, 5) is 13.0. The van der Waals surface area contributed by atoms with Gasteiger partial charge in [-0.15, -0.1) is 0 Å². The summed E-state index contributed by atoms with van der Waals surface area (Å²) in [5.41, 5.74) is 1.24. The number of nitrogens with zero attached hydrogens (tertiary/aromatic N) is 3. The first-order valence-electron chi connectivity index (χ1n) is 6.63. The number of carboxylic acids is 1. The van der Waals surface area contributed by atoms with Gasteiger partial charge in [0.05, 0.1) is 6.20 Å². The largest absolute Gasteiger partial charge is 0.481 e. The number of rotatable bonds is 5. The molecule has 0 unspecified atom stereocenters. The van der Waals surface area contributed by atoms with Gasteiger partial charge in [-0.25, -0.2) is 0 Å². The summed E-state index contributed by atoms with van der Waals surface area (Å²) in [5.74, 6) is -0.310. The minimum Gasteiger partial charge on any atom is -0.481 e. The Kier molecular flexibility index (Phi) is 4.36. The molecule has 0 bridgehead atoms. The fourth-order valence-corrected chi connectivity index (χ4v) is 2.51. The number of hydrogen-bond donors (Lipinski definition) is 1. The molecule has 100 valence electrons. The molecule has 0 radical (unpaired) electrons. The molecule has 1 fully saturated rings. The van der Waals surface area contributed by atoms with Crippen molar-refractivity contribution in [2.75, 3.05) is 13.1 Å². The molecule has 0 amide bonds. The molecule has 0 spiro atoms. The summed E-state index contributed by atoms with van der Waals surface area (Å²) in [7, 11) is 0. The molecular weight excluding hydrogens is 230 g/mol. The van der Waals surface area contributed by atoms with Crippen molar-refractivity contribution in [3.05, 3.63) is 18.0 Å². The van der Waals surface area contributed by atoms with E-state index in [-0.39, 0.29) is 0 Å². The van der Waals surface area contributed by atoms with E-state index in [2.05, 4.69) is 23.1 Å². The quantitative estimate of drug-likeness (QED) is 0.863. The highest BCUT2D eigenvalue weighted by atomic mass is 16.4. The van der Waals surface area contributed by atoms with E-state index in [4.69, 9.17) is 5.11 Å². The first-order valence-corrected chi connectivity index (χ1v) is 6.63. The van der Waals surface area contributed by atoms with Crippen LogP contribution in [0.1, 0.15) is 31.7 Å². The van der Waals surface area contributed by atoms with E-state index in [0.717, 1.165) is 39.0 Å². The van der Waals surface area contributed by atoms with Crippen molar-refractivity contribution in [1.82, 2.24) is 14.7 Å². The van der Waals surface area contributed by atoms with Crippen molar-refractivity contribution >= 4 is 5.97 Å². The van der Waals surface area contributed by atoms with Gasteiger partial charge < -0.3 is 5.11 Å². The Morgan fingerprint density at radius 3 is 2.78 bits per heavy atom. The van der Waals surface area contributed by atoms with Gasteiger partial charge in [-0.1, -0.05) is 0 Å². The Balaban J connectivity index is 1.78. The third-order valence-corrected chi connectivity index (χ3v) is 3.59. The van der Waals surface area contributed by atoms with Crippen molar-refractivity contribution in [3.8, 4) is 0 Å². The van der Waals surface area contributed by atoms with Gasteiger partial charge >= 0.3 is 5.97 Å². The third kappa shape index (κ3) is 3.57. The summed E-state index contributed by atoms with van der Waals surface area (Å²) < 4.78 is 1.94. The van der Waals surface area contributed by atoms with Crippen molar-refractivity contribution in [2.24, 2.45) is 5.92 Å². The van der Waals surface area contributed by atoms with Crippen LogP contribution in [-0.2, 0) is 17.9 Å². The van der Waals surface area contributed by atoms with Crippen LogP contribution >= 0.6 is 0 Å². The lowest BCUT2D eigenvalue weighted by molar-refractivity contribution is -0.138. The van der Waals surface area contributed by atoms with Gasteiger partial charge in [0, 0.05) is 31.3 Å². The Hall–Kier alpha value is -1.36. The lowest BCUT2D eigenvalue weighted by Crippen LogP contribution is -2.33. The number of likely N-dealkylation sites (tertiary alicyclic amines) is 1. The van der Waals surface area contributed by atoms with Crippen molar-refractivity contribution in [1.29, 1.82) is 0 Å². The van der Waals surface area contributed by atoms with Gasteiger partial charge in [-0.3, -0.25) is 14.4 Å². The molecule has 1 aromatic rings. The summed E-state index contributed by atoms with van der Waals surface area (Å²) in [5, 5.41) is 13.0. The standard InChI is InChI=1S/C13H21N3O2/c1-2-16-10-12(8-14-16)9-15-5-3-11(4-6-15)7-13(17)18/h8,10-11H,2-7,9H2,1H3,(H,17,18). The summed E-state index contributed by atoms with van der Waals surface area (Å²) in [6.07, 6.45) is 6.32. The molecule has 5 heteroatoms. The van der Waals surface area contributed by atoms with Gasteiger partial charge in [-0.05, 0) is 38.8 Å². The second kappa shape index (κ2) is 6.00. The first kappa shape index (κ1) is 13.1. The monoisotopic (exact) mass is 251 g/mol. The predicted molar refractivity (Wildman–Crippen MR) is 68.2 cm³/mol. The highest BCUT2D eigenvalue weighted by Crippen LogP contribution is 2.21. The van der Waals surface area contributed by atoms with Crippen molar-refractivity contribution < 1.29 is 9.90 Å². The van der Waals surface area contributed by atoms with Gasteiger partial charge in [0.1, 0.15) is 0 Å². The zero-order valence-electron chi connectivity index (χ0n) is 10.9. The highest BCUT2D eigenvalue weighted by molar-refractivity contribution is 5.67. The average molecular weight is 251 g/mol. The lowest BCUT2D eigenvalue weighted by Gasteiger charge is -2.30. The van der Waals surface area contributed by atoms with Crippen LogP contribution in [0.25, 0.3) is 0 Å². The van der Waals surface area contributed by atoms with Crippen LogP contribution in [0.3, 0.4) is 0 Å². The molecule has 5 nitrogen and oxygen atoms in total. The van der Waals surface area contributed by atoms with E-state index < -0.39 is 5.97 Å².